The van der Waals surface area contributed by atoms with E-state index in [1.807, 2.05) is 30.3 Å². The molecule has 0 aliphatic rings. The summed E-state index contributed by atoms with van der Waals surface area (Å²) < 4.78 is 11.0. The van der Waals surface area contributed by atoms with E-state index < -0.39 is 13.8 Å². The van der Waals surface area contributed by atoms with Gasteiger partial charge in [-0.3, -0.25) is 0 Å². The fraction of sp³-hybridized carbons (Fsp3) is 0.588. The van der Waals surface area contributed by atoms with Gasteiger partial charge < -0.3 is 0 Å². The summed E-state index contributed by atoms with van der Waals surface area (Å²) in [6.45, 7) is 4.34. The first-order valence-electron chi connectivity index (χ1n) is 7.98. The van der Waals surface area contributed by atoms with Crippen LogP contribution in [0.4, 0.5) is 0 Å². The number of carbonyl (C=O) groups excluding carboxylic acids is 1. The number of carbonyl (C=O) groups is 1. The molecule has 23 heavy (non-hydrogen) atoms. The molecule has 0 saturated carbocycles. The summed E-state index contributed by atoms with van der Waals surface area (Å²) in [4.78, 5) is 30.1. The first-order chi connectivity index (χ1) is 10.7. The van der Waals surface area contributed by atoms with Gasteiger partial charge in [0.05, 0.1) is 0 Å². The molecule has 0 saturated heterocycles. The maximum absolute atomic E-state index is 12.0. The van der Waals surface area contributed by atoms with Gasteiger partial charge in [0, 0.05) is 0 Å². The van der Waals surface area contributed by atoms with Gasteiger partial charge in [0.15, 0.2) is 0 Å². The standard InChI is InChI=1S/C17H27O4PSe/c1-13(2)7-6-10-15(11-16(18)12-22(19,20)21)17(23)14-8-4-3-5-9-14/h3-5,8-9,13,15,17,23H,6-7,10-12H2,1-2H3,(H2,19,20,21). The van der Waals surface area contributed by atoms with Crippen molar-refractivity contribution in [3.8, 4) is 0 Å². The van der Waals surface area contributed by atoms with Crippen LogP contribution in [0.15, 0.2) is 30.3 Å². The maximum atomic E-state index is 12.0. The van der Waals surface area contributed by atoms with E-state index in [9.17, 15) is 9.36 Å². The number of rotatable bonds is 10. The molecule has 2 N–H and O–H groups in total. The molecule has 1 aromatic carbocycles. The molecule has 0 aliphatic heterocycles. The van der Waals surface area contributed by atoms with Gasteiger partial charge in [-0.05, 0) is 0 Å². The minimum absolute atomic E-state index is 0.0928. The molecule has 0 aromatic heterocycles. The normalized spacial score (nSPS) is 14.7. The second kappa shape index (κ2) is 9.76. The van der Waals surface area contributed by atoms with Gasteiger partial charge in [0.1, 0.15) is 0 Å². The Kier molecular flexibility index (Phi) is 8.74. The van der Waals surface area contributed by atoms with Crippen molar-refractivity contribution in [3.63, 3.8) is 0 Å². The van der Waals surface area contributed by atoms with E-state index in [-0.39, 0.29) is 22.9 Å². The first kappa shape index (κ1) is 20.6. The predicted octanol–water partition coefficient (Wildman–Crippen LogP) is 3.21. The fourth-order valence-electron chi connectivity index (χ4n) is 2.67. The third-order valence-corrected chi connectivity index (χ3v) is 6.09. The fourth-order valence-corrected chi connectivity index (χ4v) is 4.15. The molecule has 0 heterocycles. The summed E-state index contributed by atoms with van der Waals surface area (Å²) in [7, 11) is -4.28. The van der Waals surface area contributed by atoms with Crippen LogP contribution in [0.25, 0.3) is 0 Å². The Labute approximate surface area is 147 Å². The predicted molar refractivity (Wildman–Crippen MR) is 95.0 cm³/mol. The van der Waals surface area contributed by atoms with Crippen molar-refractivity contribution >= 4 is 29.4 Å². The van der Waals surface area contributed by atoms with Gasteiger partial charge in [-0.2, -0.15) is 0 Å². The summed E-state index contributed by atoms with van der Waals surface area (Å²) in [6, 6.07) is 9.96. The van der Waals surface area contributed by atoms with E-state index in [0.717, 1.165) is 24.8 Å². The second-order valence-electron chi connectivity index (χ2n) is 6.51. The van der Waals surface area contributed by atoms with Crippen molar-refractivity contribution in [1.82, 2.24) is 0 Å². The average Bonchev–Trinajstić information content (AvgIpc) is 2.44. The van der Waals surface area contributed by atoms with Gasteiger partial charge in [0.2, 0.25) is 0 Å². The van der Waals surface area contributed by atoms with E-state index in [2.05, 4.69) is 29.9 Å². The van der Waals surface area contributed by atoms with Crippen LogP contribution in [0.3, 0.4) is 0 Å². The van der Waals surface area contributed by atoms with Gasteiger partial charge in [-0.1, -0.05) is 0 Å². The zero-order valence-corrected chi connectivity index (χ0v) is 16.5. The van der Waals surface area contributed by atoms with Gasteiger partial charge in [-0.15, -0.1) is 0 Å². The second-order valence-corrected chi connectivity index (χ2v) is 9.32. The summed E-state index contributed by atoms with van der Waals surface area (Å²) >= 11 is 2.63. The molecule has 0 radical (unpaired) electrons. The molecule has 4 nitrogen and oxygen atoms in total. The zero-order valence-electron chi connectivity index (χ0n) is 13.8. The Morgan fingerprint density at radius 3 is 2.30 bits per heavy atom. The Morgan fingerprint density at radius 2 is 1.78 bits per heavy atom. The molecule has 0 aliphatic carbocycles. The third kappa shape index (κ3) is 8.83. The van der Waals surface area contributed by atoms with Crippen LogP contribution in [0, 0.1) is 11.8 Å². The monoisotopic (exact) mass is 406 g/mol. The van der Waals surface area contributed by atoms with Gasteiger partial charge in [-0.25, -0.2) is 0 Å². The van der Waals surface area contributed by atoms with Crippen molar-refractivity contribution in [1.29, 1.82) is 0 Å². The quantitative estimate of drug-likeness (QED) is 0.463. The molecule has 6 heteroatoms. The van der Waals surface area contributed by atoms with Crippen LogP contribution in [0.2, 0.25) is 0 Å². The number of benzene rings is 1. The van der Waals surface area contributed by atoms with Crippen LogP contribution in [-0.4, -0.2) is 37.7 Å². The Hall–Kier alpha value is -0.441. The average molecular weight is 405 g/mol. The molecule has 130 valence electrons. The third-order valence-electron chi connectivity index (χ3n) is 3.82. The first-order valence-corrected chi connectivity index (χ1v) is 10.9. The summed E-state index contributed by atoms with van der Waals surface area (Å²) in [5.74, 6) is 0.359. The van der Waals surface area contributed by atoms with Gasteiger partial charge in [0.25, 0.3) is 0 Å². The molecular weight excluding hydrogens is 378 g/mol. The van der Waals surface area contributed by atoms with Crippen molar-refractivity contribution in [3.05, 3.63) is 35.9 Å². The van der Waals surface area contributed by atoms with E-state index in [0.29, 0.717) is 5.92 Å². The van der Waals surface area contributed by atoms with Crippen molar-refractivity contribution < 1.29 is 19.1 Å². The Balaban J connectivity index is 2.75. The molecule has 0 bridgehead atoms. The van der Waals surface area contributed by atoms with Crippen LogP contribution in [-0.2, 0) is 9.36 Å². The molecule has 0 spiro atoms. The number of hydrogen-bond donors (Lipinski definition) is 2. The number of Topliss-reactive ketones (excluding diaryl/α,β-unsaturated/α-hetero) is 1. The summed E-state index contributed by atoms with van der Waals surface area (Å²) in [6.07, 6.45) is 2.57. The van der Waals surface area contributed by atoms with E-state index >= 15 is 0 Å². The van der Waals surface area contributed by atoms with E-state index in [1.54, 1.807) is 0 Å². The van der Waals surface area contributed by atoms with E-state index in [1.165, 1.54) is 0 Å². The topological polar surface area (TPSA) is 74.6 Å². The van der Waals surface area contributed by atoms with Gasteiger partial charge >= 0.3 is 147 Å². The number of hydrogen-bond acceptors (Lipinski definition) is 2. The van der Waals surface area contributed by atoms with Crippen LogP contribution < -0.4 is 0 Å². The van der Waals surface area contributed by atoms with Crippen LogP contribution in [0.1, 0.15) is 49.9 Å². The molecule has 2 atom stereocenters. The zero-order chi connectivity index (χ0) is 17.5. The number of ketones is 1. The molecule has 1 rings (SSSR count). The van der Waals surface area contributed by atoms with Crippen molar-refractivity contribution in [2.45, 2.75) is 44.3 Å². The van der Waals surface area contributed by atoms with Crippen LogP contribution >= 0.6 is 7.60 Å². The molecule has 1 aromatic rings. The minimum atomic E-state index is -4.28. The Bertz CT molecular complexity index is 527. The summed E-state index contributed by atoms with van der Waals surface area (Å²) in [5.41, 5.74) is 1.14. The van der Waals surface area contributed by atoms with Crippen molar-refractivity contribution in [2.75, 3.05) is 6.16 Å². The molecular formula is C17H27O4PSe. The van der Waals surface area contributed by atoms with E-state index in [4.69, 9.17) is 9.79 Å². The molecule has 0 fully saturated rings. The summed E-state index contributed by atoms with van der Waals surface area (Å²) in [5, 5.41) is 0. The molecule has 0 amide bonds. The SMILES string of the molecule is CC(C)CCCC(CC(=O)CP(=O)(O)O)C([SeH])c1ccccc1. The molecule has 2 unspecified atom stereocenters. The van der Waals surface area contributed by atoms with Crippen molar-refractivity contribution in [2.24, 2.45) is 11.8 Å². The Morgan fingerprint density at radius 1 is 1.17 bits per heavy atom. The van der Waals surface area contributed by atoms with Crippen LogP contribution in [0.5, 0.6) is 0 Å².